The Kier molecular flexibility index (Phi) is 3.53. The van der Waals surface area contributed by atoms with Crippen LogP contribution >= 0.6 is 15.9 Å². The Morgan fingerprint density at radius 2 is 1.85 bits per heavy atom. The Morgan fingerprint density at radius 3 is 2.73 bits per heavy atom. The maximum Gasteiger partial charge on any atom is 0.137 e. The first-order valence-corrected chi connectivity index (χ1v) is 9.02. The summed E-state index contributed by atoms with van der Waals surface area (Å²) in [4.78, 5) is 13.6. The van der Waals surface area contributed by atoms with Gasteiger partial charge in [-0.25, -0.2) is 9.97 Å². The van der Waals surface area contributed by atoms with Crippen molar-refractivity contribution in [2.45, 2.75) is 0 Å². The zero-order valence-electron chi connectivity index (χ0n) is 13.7. The number of halogens is 1. The first-order valence-electron chi connectivity index (χ1n) is 8.23. The summed E-state index contributed by atoms with van der Waals surface area (Å²) in [5.74, 6) is 0. The minimum Gasteiger partial charge on any atom is -0.298 e. The summed E-state index contributed by atoms with van der Waals surface area (Å²) in [5.41, 5.74) is 5.87. The number of nitrogens with zero attached hydrogens (tertiary/aromatic N) is 4. The van der Waals surface area contributed by atoms with E-state index in [0.717, 1.165) is 43.5 Å². The molecule has 5 rings (SSSR count). The van der Waals surface area contributed by atoms with Crippen LogP contribution in [0.1, 0.15) is 0 Å². The largest absolute Gasteiger partial charge is 0.298 e. The Labute approximate surface area is 158 Å². The predicted octanol–water partition coefficient (Wildman–Crippen LogP) is 5.37. The summed E-state index contributed by atoms with van der Waals surface area (Å²) in [5, 5.41) is 1.11. The number of para-hydroxylation sites is 1. The van der Waals surface area contributed by atoms with Crippen LogP contribution < -0.4 is 0 Å². The van der Waals surface area contributed by atoms with Gasteiger partial charge in [0, 0.05) is 34.0 Å². The van der Waals surface area contributed by atoms with E-state index in [1.54, 1.807) is 6.20 Å². The van der Waals surface area contributed by atoms with Crippen molar-refractivity contribution in [2.24, 2.45) is 0 Å². The molecule has 0 bridgehead atoms. The van der Waals surface area contributed by atoms with Gasteiger partial charge in [-0.1, -0.05) is 24.3 Å². The number of fused-ring (bicyclic) bond motifs is 2. The third-order valence-corrected chi connectivity index (χ3v) is 5.08. The molecule has 5 aromatic rings. The molecule has 5 heteroatoms. The fourth-order valence-corrected chi connectivity index (χ4v) is 3.61. The van der Waals surface area contributed by atoms with Gasteiger partial charge >= 0.3 is 0 Å². The molecule has 4 nitrogen and oxygen atoms in total. The zero-order chi connectivity index (χ0) is 17.5. The van der Waals surface area contributed by atoms with Crippen LogP contribution in [-0.2, 0) is 0 Å². The first-order chi connectivity index (χ1) is 12.8. The molecule has 26 heavy (non-hydrogen) atoms. The van der Waals surface area contributed by atoms with Crippen LogP contribution in [0.5, 0.6) is 0 Å². The van der Waals surface area contributed by atoms with Crippen LogP contribution in [-0.4, -0.2) is 19.4 Å². The number of imidazole rings is 1. The summed E-state index contributed by atoms with van der Waals surface area (Å²) >= 11 is 3.59. The highest BCUT2D eigenvalue weighted by Gasteiger charge is 2.10. The average molecular weight is 401 g/mol. The predicted molar refractivity (Wildman–Crippen MR) is 107 cm³/mol. The number of hydrogen-bond acceptors (Lipinski definition) is 3. The van der Waals surface area contributed by atoms with Crippen LogP contribution in [0.4, 0.5) is 0 Å². The van der Waals surface area contributed by atoms with Gasteiger partial charge in [0.15, 0.2) is 0 Å². The second kappa shape index (κ2) is 6.04. The number of benzene rings is 1. The van der Waals surface area contributed by atoms with Crippen molar-refractivity contribution in [1.82, 2.24) is 19.4 Å². The van der Waals surface area contributed by atoms with Gasteiger partial charge in [0.1, 0.15) is 5.65 Å². The van der Waals surface area contributed by atoms with Gasteiger partial charge in [-0.2, -0.15) is 0 Å². The third kappa shape index (κ3) is 2.48. The van der Waals surface area contributed by atoms with Gasteiger partial charge < -0.3 is 0 Å². The standard InChI is InChI=1S/C21H13BrN4/c22-17-5-1-3-14-6-7-18(25-21(14)17)19-13-24-20-11-15(8-10-26(19)20)16-4-2-9-23-12-16/h1-13H. The van der Waals surface area contributed by atoms with Crippen molar-refractivity contribution < 1.29 is 0 Å². The van der Waals surface area contributed by atoms with Crippen LogP contribution in [0.15, 0.2) is 83.9 Å². The van der Waals surface area contributed by atoms with Crippen molar-refractivity contribution in [1.29, 1.82) is 0 Å². The van der Waals surface area contributed by atoms with Crippen molar-refractivity contribution >= 4 is 32.5 Å². The van der Waals surface area contributed by atoms with E-state index in [9.17, 15) is 0 Å². The first kappa shape index (κ1) is 15.2. The molecule has 0 N–H and O–H groups in total. The van der Waals surface area contributed by atoms with E-state index in [0.29, 0.717) is 0 Å². The summed E-state index contributed by atoms with van der Waals surface area (Å²) in [7, 11) is 0. The molecule has 0 atom stereocenters. The zero-order valence-corrected chi connectivity index (χ0v) is 15.3. The van der Waals surface area contributed by atoms with E-state index in [1.807, 2.05) is 48.9 Å². The van der Waals surface area contributed by atoms with Gasteiger partial charge in [-0.3, -0.25) is 9.38 Å². The van der Waals surface area contributed by atoms with Crippen LogP contribution in [0.25, 0.3) is 39.1 Å². The lowest BCUT2D eigenvalue weighted by Gasteiger charge is -2.06. The molecule has 0 fully saturated rings. The van der Waals surface area contributed by atoms with Crippen LogP contribution in [0, 0.1) is 0 Å². The van der Waals surface area contributed by atoms with Crippen LogP contribution in [0.3, 0.4) is 0 Å². The van der Waals surface area contributed by atoms with E-state index in [1.165, 1.54) is 0 Å². The highest BCUT2D eigenvalue weighted by atomic mass is 79.9. The van der Waals surface area contributed by atoms with E-state index in [2.05, 4.69) is 54.6 Å². The summed E-state index contributed by atoms with van der Waals surface area (Å²) < 4.78 is 3.05. The lowest BCUT2D eigenvalue weighted by atomic mass is 10.1. The third-order valence-electron chi connectivity index (χ3n) is 4.44. The molecule has 0 radical (unpaired) electrons. The number of rotatable bonds is 2. The van der Waals surface area contributed by atoms with E-state index in [-0.39, 0.29) is 0 Å². The van der Waals surface area contributed by atoms with Gasteiger partial charge in [-0.15, -0.1) is 0 Å². The number of pyridine rings is 3. The van der Waals surface area contributed by atoms with Gasteiger partial charge in [-0.05, 0) is 51.8 Å². The number of hydrogen-bond donors (Lipinski definition) is 0. The molecule has 1 aromatic carbocycles. The van der Waals surface area contributed by atoms with Crippen LogP contribution in [0.2, 0.25) is 0 Å². The topological polar surface area (TPSA) is 43.1 Å². The quantitative estimate of drug-likeness (QED) is 0.399. The second-order valence-electron chi connectivity index (χ2n) is 6.04. The molecule has 0 aliphatic carbocycles. The minimum atomic E-state index is 0.885. The Bertz CT molecular complexity index is 1250. The normalized spacial score (nSPS) is 11.3. The number of aromatic nitrogens is 4. The Hall–Kier alpha value is -3.05. The maximum absolute atomic E-state index is 4.83. The van der Waals surface area contributed by atoms with E-state index in [4.69, 9.17) is 4.98 Å². The lowest BCUT2D eigenvalue weighted by Crippen LogP contribution is -1.92. The van der Waals surface area contributed by atoms with Crippen molar-refractivity contribution in [2.75, 3.05) is 0 Å². The highest BCUT2D eigenvalue weighted by Crippen LogP contribution is 2.27. The highest BCUT2D eigenvalue weighted by molar-refractivity contribution is 9.10. The summed E-state index contributed by atoms with van der Waals surface area (Å²) in [6.45, 7) is 0. The van der Waals surface area contributed by atoms with Crippen molar-refractivity contribution in [3.8, 4) is 22.5 Å². The molecule has 4 aromatic heterocycles. The molecular formula is C21H13BrN4. The van der Waals surface area contributed by atoms with Gasteiger partial charge in [0.25, 0.3) is 0 Å². The fourth-order valence-electron chi connectivity index (χ4n) is 3.14. The van der Waals surface area contributed by atoms with Crippen molar-refractivity contribution in [3.63, 3.8) is 0 Å². The SMILES string of the molecule is Brc1cccc2ccc(-c3cnc4cc(-c5cccnc5)ccn34)nc12. The smallest absolute Gasteiger partial charge is 0.137 e. The van der Waals surface area contributed by atoms with E-state index >= 15 is 0 Å². The molecule has 0 aliphatic rings. The molecule has 0 spiro atoms. The molecule has 0 aliphatic heterocycles. The second-order valence-corrected chi connectivity index (χ2v) is 6.89. The minimum absolute atomic E-state index is 0.885. The monoisotopic (exact) mass is 400 g/mol. The molecular weight excluding hydrogens is 388 g/mol. The Morgan fingerprint density at radius 1 is 0.885 bits per heavy atom. The average Bonchev–Trinajstić information content (AvgIpc) is 3.12. The molecule has 0 unspecified atom stereocenters. The summed E-state index contributed by atoms with van der Waals surface area (Å²) in [6, 6.07) is 18.3. The lowest BCUT2D eigenvalue weighted by molar-refractivity contribution is 1.17. The Balaban J connectivity index is 1.65. The van der Waals surface area contributed by atoms with Gasteiger partial charge in [0.2, 0.25) is 0 Å². The fraction of sp³-hybridized carbons (Fsp3) is 0. The molecule has 4 heterocycles. The molecule has 0 saturated heterocycles. The van der Waals surface area contributed by atoms with Crippen molar-refractivity contribution in [3.05, 3.63) is 83.9 Å². The molecule has 0 saturated carbocycles. The maximum atomic E-state index is 4.83. The molecule has 124 valence electrons. The van der Waals surface area contributed by atoms with E-state index < -0.39 is 0 Å². The summed E-state index contributed by atoms with van der Waals surface area (Å²) in [6.07, 6.45) is 7.54. The van der Waals surface area contributed by atoms with Gasteiger partial charge in [0.05, 0.1) is 23.1 Å². The molecule has 0 amide bonds.